The summed E-state index contributed by atoms with van der Waals surface area (Å²) in [5.41, 5.74) is 7.26. The second kappa shape index (κ2) is 7.67. The molecule has 0 saturated heterocycles. The van der Waals surface area contributed by atoms with Crippen LogP contribution >= 0.6 is 0 Å². The van der Waals surface area contributed by atoms with Gasteiger partial charge in [-0.2, -0.15) is 10.4 Å². The van der Waals surface area contributed by atoms with Gasteiger partial charge in [0.2, 0.25) is 0 Å². The number of carbonyl (C=O) groups excluding carboxylic acids is 1. The van der Waals surface area contributed by atoms with E-state index in [1.165, 1.54) is 12.1 Å². The highest BCUT2D eigenvalue weighted by Crippen LogP contribution is 2.34. The van der Waals surface area contributed by atoms with Crippen LogP contribution in [0, 0.1) is 23.1 Å². The molecule has 3 rings (SSSR count). The van der Waals surface area contributed by atoms with Crippen LogP contribution in [0.3, 0.4) is 0 Å². The van der Waals surface area contributed by atoms with Crippen LogP contribution in [0.4, 0.5) is 4.39 Å². The first-order valence-electron chi connectivity index (χ1n) is 8.71. The monoisotopic (exact) mass is 355 g/mol. The Bertz CT molecular complexity index is 823. The van der Waals surface area contributed by atoms with Gasteiger partial charge in [-0.05, 0) is 44.0 Å². The highest BCUT2D eigenvalue weighted by molar-refractivity contribution is 5.93. The van der Waals surface area contributed by atoms with E-state index in [0.29, 0.717) is 23.7 Å². The predicted molar refractivity (Wildman–Crippen MR) is 94.8 cm³/mol. The van der Waals surface area contributed by atoms with Gasteiger partial charge >= 0.3 is 0 Å². The highest BCUT2D eigenvalue weighted by atomic mass is 19.1. The zero-order valence-electron chi connectivity index (χ0n) is 14.7. The molecule has 26 heavy (non-hydrogen) atoms. The van der Waals surface area contributed by atoms with Crippen LogP contribution < -0.4 is 11.1 Å². The average Bonchev–Trinajstić information content (AvgIpc) is 3.07. The number of amides is 1. The van der Waals surface area contributed by atoms with E-state index in [1.807, 2.05) is 7.05 Å². The molecule has 1 saturated carbocycles. The predicted octanol–water partition coefficient (Wildman–Crippen LogP) is 2.16. The van der Waals surface area contributed by atoms with Crippen LogP contribution in [0.1, 0.15) is 46.9 Å². The maximum absolute atomic E-state index is 13.1. The molecule has 6 nitrogen and oxygen atoms in total. The van der Waals surface area contributed by atoms with E-state index in [2.05, 4.69) is 16.5 Å². The van der Waals surface area contributed by atoms with Crippen LogP contribution in [0.25, 0.3) is 0 Å². The Balaban J connectivity index is 1.92. The number of nitrogens with one attached hydrogen (secondary N) is 1. The third-order valence-corrected chi connectivity index (χ3v) is 5.09. The number of nitriles is 1. The zero-order chi connectivity index (χ0) is 18.7. The molecule has 0 spiro atoms. The second-order valence-electron chi connectivity index (χ2n) is 6.74. The average molecular weight is 355 g/mol. The Morgan fingerprint density at radius 3 is 2.77 bits per heavy atom. The van der Waals surface area contributed by atoms with Gasteiger partial charge in [0.1, 0.15) is 5.82 Å². The van der Waals surface area contributed by atoms with E-state index in [1.54, 1.807) is 23.0 Å². The summed E-state index contributed by atoms with van der Waals surface area (Å²) in [5.74, 6) is -1.02. The summed E-state index contributed by atoms with van der Waals surface area (Å²) in [6.45, 7) is 0. The molecular formula is C19H22FN5O. The number of halogens is 1. The van der Waals surface area contributed by atoms with Gasteiger partial charge in [0, 0.05) is 18.7 Å². The van der Waals surface area contributed by atoms with E-state index in [-0.39, 0.29) is 17.8 Å². The lowest BCUT2D eigenvalue weighted by Gasteiger charge is -2.32. The summed E-state index contributed by atoms with van der Waals surface area (Å²) in [4.78, 5) is 11.9. The second-order valence-corrected chi connectivity index (χ2v) is 6.74. The van der Waals surface area contributed by atoms with Crippen molar-refractivity contribution in [2.75, 3.05) is 7.05 Å². The van der Waals surface area contributed by atoms with E-state index < -0.39 is 5.91 Å². The molecule has 0 unspecified atom stereocenters. The molecule has 0 bridgehead atoms. The quantitative estimate of drug-likeness (QED) is 0.859. The molecule has 1 amide bonds. The number of primary amides is 1. The fraction of sp³-hybridized carbons (Fsp3) is 0.421. The van der Waals surface area contributed by atoms with Crippen molar-refractivity contribution < 1.29 is 9.18 Å². The smallest absolute Gasteiger partial charge is 0.252 e. The molecule has 1 fully saturated rings. The van der Waals surface area contributed by atoms with Crippen molar-refractivity contribution in [3.05, 3.63) is 53.1 Å². The van der Waals surface area contributed by atoms with Crippen molar-refractivity contribution >= 4 is 5.91 Å². The first-order valence-corrected chi connectivity index (χ1v) is 8.71. The minimum atomic E-state index is -0.553. The maximum Gasteiger partial charge on any atom is 0.252 e. The molecule has 0 aliphatic heterocycles. The summed E-state index contributed by atoms with van der Waals surface area (Å²) in [6.07, 6.45) is 4.52. The number of nitrogens with zero attached hydrogens (tertiary/aromatic N) is 3. The summed E-state index contributed by atoms with van der Waals surface area (Å²) in [7, 11) is 1.91. The first-order chi connectivity index (χ1) is 12.5. The molecule has 7 heteroatoms. The molecule has 2 aromatic rings. The molecule has 1 aliphatic rings. The number of carbonyl (C=O) groups is 1. The van der Waals surface area contributed by atoms with Crippen molar-refractivity contribution in [2.45, 2.75) is 37.8 Å². The van der Waals surface area contributed by atoms with E-state index in [4.69, 9.17) is 5.73 Å². The van der Waals surface area contributed by atoms with Crippen molar-refractivity contribution in [3.8, 4) is 6.07 Å². The number of nitrogens with two attached hydrogens (primary N) is 1. The number of benzene rings is 1. The van der Waals surface area contributed by atoms with Crippen LogP contribution in [-0.4, -0.2) is 28.8 Å². The summed E-state index contributed by atoms with van der Waals surface area (Å²) in [5, 5.41) is 17.3. The molecule has 3 N–H and O–H groups in total. The molecule has 136 valence electrons. The van der Waals surface area contributed by atoms with Crippen molar-refractivity contribution in [2.24, 2.45) is 11.7 Å². The Hall–Kier alpha value is -2.72. The molecule has 0 radical (unpaired) electrons. The highest BCUT2D eigenvalue weighted by Gasteiger charge is 2.32. The Kier molecular flexibility index (Phi) is 5.33. The molecular weight excluding hydrogens is 333 g/mol. The fourth-order valence-electron chi connectivity index (χ4n) is 3.58. The lowest BCUT2D eigenvalue weighted by Crippen LogP contribution is -2.36. The van der Waals surface area contributed by atoms with Gasteiger partial charge in [-0.15, -0.1) is 0 Å². The Labute approximate surface area is 151 Å². The fourth-order valence-corrected chi connectivity index (χ4v) is 3.58. The number of hydrogen-bond donors (Lipinski definition) is 2. The minimum Gasteiger partial charge on any atom is -0.365 e. The van der Waals surface area contributed by atoms with Crippen LogP contribution in [0.15, 0.2) is 30.5 Å². The van der Waals surface area contributed by atoms with Gasteiger partial charge in [-0.25, -0.2) is 4.39 Å². The lowest BCUT2D eigenvalue weighted by atomic mass is 9.82. The molecule has 1 aliphatic carbocycles. The van der Waals surface area contributed by atoms with E-state index >= 15 is 0 Å². The normalized spacial score (nSPS) is 22.7. The van der Waals surface area contributed by atoms with Crippen LogP contribution in [0.2, 0.25) is 0 Å². The third-order valence-electron chi connectivity index (χ3n) is 5.09. The number of aromatic nitrogens is 2. The van der Waals surface area contributed by atoms with Gasteiger partial charge in [0.05, 0.1) is 29.3 Å². The number of rotatable bonds is 5. The molecule has 1 aromatic heterocycles. The summed E-state index contributed by atoms with van der Waals surface area (Å²) >= 11 is 0. The lowest BCUT2D eigenvalue weighted by molar-refractivity contribution is 0.0999. The van der Waals surface area contributed by atoms with Crippen molar-refractivity contribution in [1.82, 2.24) is 15.1 Å². The first kappa shape index (κ1) is 18.1. The van der Waals surface area contributed by atoms with Crippen molar-refractivity contribution in [3.63, 3.8) is 0 Å². The third kappa shape index (κ3) is 3.75. The van der Waals surface area contributed by atoms with Crippen LogP contribution in [0.5, 0.6) is 0 Å². The Morgan fingerprint density at radius 2 is 2.15 bits per heavy atom. The largest absolute Gasteiger partial charge is 0.365 e. The molecule has 3 atom stereocenters. The summed E-state index contributed by atoms with van der Waals surface area (Å²) in [6, 6.07) is 8.65. The topological polar surface area (TPSA) is 96.7 Å². The SMILES string of the molecule is CN[C@H]1CC[C@H](C#N)[C@@H](n2cc(C(N)=O)c(Cc3ccc(F)cc3)n2)C1. The van der Waals surface area contributed by atoms with Gasteiger partial charge in [0.15, 0.2) is 0 Å². The van der Waals surface area contributed by atoms with Gasteiger partial charge in [-0.1, -0.05) is 12.1 Å². The van der Waals surface area contributed by atoms with Crippen molar-refractivity contribution in [1.29, 1.82) is 5.26 Å². The minimum absolute atomic E-state index is 0.105. The Morgan fingerprint density at radius 1 is 1.42 bits per heavy atom. The van der Waals surface area contributed by atoms with E-state index in [9.17, 15) is 14.4 Å². The summed E-state index contributed by atoms with van der Waals surface area (Å²) < 4.78 is 14.8. The van der Waals surface area contributed by atoms with Gasteiger partial charge in [-0.3, -0.25) is 9.48 Å². The van der Waals surface area contributed by atoms with Crippen LogP contribution in [-0.2, 0) is 6.42 Å². The molecule has 1 heterocycles. The van der Waals surface area contributed by atoms with Gasteiger partial charge < -0.3 is 11.1 Å². The van der Waals surface area contributed by atoms with Gasteiger partial charge in [0.25, 0.3) is 5.91 Å². The zero-order valence-corrected chi connectivity index (χ0v) is 14.7. The molecule has 1 aromatic carbocycles. The number of hydrogen-bond acceptors (Lipinski definition) is 4. The maximum atomic E-state index is 13.1. The van der Waals surface area contributed by atoms with E-state index in [0.717, 1.165) is 24.8 Å². The standard InChI is InChI=1S/C19H22FN5O/c1-23-15-7-4-13(10-21)18(9-15)25-11-16(19(22)26)17(24-25)8-12-2-5-14(20)6-3-12/h2-3,5-6,11,13,15,18,23H,4,7-9H2,1H3,(H2,22,26)/t13-,15+,18+/m1/s1.